The van der Waals surface area contributed by atoms with Gasteiger partial charge in [0.05, 0.1) is 5.25 Å². The highest BCUT2D eigenvalue weighted by molar-refractivity contribution is 7.99. The molecule has 1 N–H and O–H groups in total. The maximum Gasteiger partial charge on any atom is 0.233 e. The second kappa shape index (κ2) is 6.06. The molecule has 1 atom stereocenters. The van der Waals surface area contributed by atoms with E-state index in [4.69, 9.17) is 0 Å². The maximum absolute atomic E-state index is 11.1. The predicted molar refractivity (Wildman–Crippen MR) is 51.3 cm³/mol. The van der Waals surface area contributed by atoms with Crippen molar-refractivity contribution in [2.75, 3.05) is 13.3 Å². The topological polar surface area (TPSA) is 46.2 Å². The molecule has 1 unspecified atom stereocenters. The minimum atomic E-state index is -0.220. The number of nitrogens with one attached hydrogen (secondary N) is 1. The fraction of sp³-hybridized carbons (Fsp3) is 0.750. The van der Waals surface area contributed by atoms with Crippen molar-refractivity contribution in [1.82, 2.24) is 5.32 Å². The van der Waals surface area contributed by atoms with Crippen LogP contribution < -0.4 is 5.32 Å². The Bertz CT molecular complexity index is 170. The van der Waals surface area contributed by atoms with Crippen LogP contribution in [0.1, 0.15) is 19.8 Å². The van der Waals surface area contributed by atoms with Gasteiger partial charge in [-0.2, -0.15) is 11.8 Å². The Morgan fingerprint density at radius 1 is 1.50 bits per heavy atom. The number of amides is 1. The van der Waals surface area contributed by atoms with Crippen LogP contribution in [0, 0.1) is 0 Å². The van der Waals surface area contributed by atoms with Crippen LogP contribution in [0.15, 0.2) is 0 Å². The quantitative estimate of drug-likeness (QED) is 0.697. The van der Waals surface area contributed by atoms with Crippen molar-refractivity contribution in [2.24, 2.45) is 0 Å². The van der Waals surface area contributed by atoms with Gasteiger partial charge in [0.2, 0.25) is 5.91 Å². The molecule has 0 aliphatic rings. The number of Topliss-reactive ketones (excluding diaryl/α,β-unsaturated/α-hetero) is 1. The third-order valence-corrected chi connectivity index (χ3v) is 2.58. The van der Waals surface area contributed by atoms with Crippen LogP contribution in [-0.4, -0.2) is 30.2 Å². The number of rotatable bonds is 5. The van der Waals surface area contributed by atoms with Crippen LogP contribution in [0.25, 0.3) is 0 Å². The molecular formula is C8H15NO2S. The molecule has 1 amide bonds. The van der Waals surface area contributed by atoms with Crippen molar-refractivity contribution in [3.05, 3.63) is 0 Å². The van der Waals surface area contributed by atoms with Gasteiger partial charge < -0.3 is 5.32 Å². The fourth-order valence-electron chi connectivity index (χ4n) is 0.795. The van der Waals surface area contributed by atoms with Crippen molar-refractivity contribution in [3.8, 4) is 0 Å². The molecule has 0 aromatic carbocycles. The smallest absolute Gasteiger partial charge is 0.233 e. The van der Waals surface area contributed by atoms with E-state index < -0.39 is 0 Å². The van der Waals surface area contributed by atoms with Crippen LogP contribution in [0.2, 0.25) is 0 Å². The standard InChI is InChI=1S/C8H15NO2S/c1-4-6(10)5-7(12-3)8(11)9-2/h7H,4-5H2,1-3H3,(H,9,11). The fourth-order valence-corrected chi connectivity index (χ4v) is 1.48. The number of ketones is 1. The third kappa shape index (κ3) is 3.76. The second-order valence-corrected chi connectivity index (χ2v) is 3.48. The highest BCUT2D eigenvalue weighted by Crippen LogP contribution is 2.12. The van der Waals surface area contributed by atoms with Gasteiger partial charge in [-0.05, 0) is 6.26 Å². The number of hydrogen-bond donors (Lipinski definition) is 1. The molecule has 0 heterocycles. The third-order valence-electron chi connectivity index (χ3n) is 1.63. The van der Waals surface area contributed by atoms with E-state index >= 15 is 0 Å². The average Bonchev–Trinajstić information content (AvgIpc) is 2.12. The molecule has 0 rings (SSSR count). The van der Waals surface area contributed by atoms with E-state index in [9.17, 15) is 9.59 Å². The normalized spacial score (nSPS) is 12.2. The van der Waals surface area contributed by atoms with Crippen LogP contribution >= 0.6 is 11.8 Å². The van der Waals surface area contributed by atoms with Gasteiger partial charge in [-0.3, -0.25) is 9.59 Å². The maximum atomic E-state index is 11.1. The van der Waals surface area contributed by atoms with Crippen LogP contribution in [-0.2, 0) is 9.59 Å². The molecule has 3 nitrogen and oxygen atoms in total. The Morgan fingerprint density at radius 2 is 2.08 bits per heavy atom. The largest absolute Gasteiger partial charge is 0.358 e. The van der Waals surface area contributed by atoms with Gasteiger partial charge in [0.1, 0.15) is 5.78 Å². The summed E-state index contributed by atoms with van der Waals surface area (Å²) in [7, 11) is 1.59. The molecule has 0 aromatic rings. The Labute approximate surface area is 77.3 Å². The molecule has 0 aliphatic heterocycles. The molecule has 0 aliphatic carbocycles. The van der Waals surface area contributed by atoms with Gasteiger partial charge in [-0.15, -0.1) is 0 Å². The first kappa shape index (κ1) is 11.5. The molecule has 0 bridgehead atoms. The van der Waals surface area contributed by atoms with Crippen molar-refractivity contribution < 1.29 is 9.59 Å². The summed E-state index contributed by atoms with van der Waals surface area (Å²) in [5.74, 6) is 0.0715. The predicted octanol–water partition coefficient (Wildman–Crippen LogP) is 0.833. The summed E-state index contributed by atoms with van der Waals surface area (Å²) < 4.78 is 0. The summed E-state index contributed by atoms with van der Waals surface area (Å²) in [5, 5.41) is 2.31. The van der Waals surface area contributed by atoms with E-state index in [1.807, 2.05) is 13.2 Å². The summed E-state index contributed by atoms with van der Waals surface area (Å²) in [6.45, 7) is 1.81. The molecule has 70 valence electrons. The molecule has 0 saturated carbocycles. The number of carbonyl (C=O) groups is 2. The lowest BCUT2D eigenvalue weighted by Crippen LogP contribution is -2.31. The van der Waals surface area contributed by atoms with Gasteiger partial charge in [0, 0.05) is 19.9 Å². The Balaban J connectivity index is 3.99. The van der Waals surface area contributed by atoms with E-state index in [0.717, 1.165) is 0 Å². The number of thioether (sulfide) groups is 1. The zero-order valence-corrected chi connectivity index (χ0v) is 8.53. The van der Waals surface area contributed by atoms with E-state index in [0.29, 0.717) is 12.8 Å². The number of carbonyl (C=O) groups excluding carboxylic acids is 2. The summed E-state index contributed by atoms with van der Waals surface area (Å²) in [4.78, 5) is 22.1. The molecule has 0 radical (unpaired) electrons. The van der Waals surface area contributed by atoms with Crippen LogP contribution in [0.5, 0.6) is 0 Å². The SMILES string of the molecule is CCC(=O)CC(SC)C(=O)NC. The molecule has 12 heavy (non-hydrogen) atoms. The molecule has 0 spiro atoms. The minimum Gasteiger partial charge on any atom is -0.358 e. The zero-order valence-electron chi connectivity index (χ0n) is 7.72. The molecule has 0 fully saturated rings. The van der Waals surface area contributed by atoms with Gasteiger partial charge in [-0.25, -0.2) is 0 Å². The highest BCUT2D eigenvalue weighted by Gasteiger charge is 2.18. The lowest BCUT2D eigenvalue weighted by molar-refractivity contribution is -0.124. The second-order valence-electron chi connectivity index (χ2n) is 2.43. The molecular weight excluding hydrogens is 174 g/mol. The average molecular weight is 189 g/mol. The Kier molecular flexibility index (Phi) is 5.80. The minimum absolute atomic E-state index is 0.0655. The Morgan fingerprint density at radius 3 is 2.42 bits per heavy atom. The Hall–Kier alpha value is -0.510. The summed E-state index contributed by atoms with van der Waals surface area (Å²) >= 11 is 1.41. The summed E-state index contributed by atoms with van der Waals surface area (Å²) in [6, 6.07) is 0. The van der Waals surface area contributed by atoms with E-state index in [1.165, 1.54) is 11.8 Å². The van der Waals surface area contributed by atoms with Crippen molar-refractivity contribution in [2.45, 2.75) is 25.0 Å². The van der Waals surface area contributed by atoms with Gasteiger partial charge >= 0.3 is 0 Å². The van der Waals surface area contributed by atoms with Gasteiger partial charge in [0.15, 0.2) is 0 Å². The monoisotopic (exact) mass is 189 g/mol. The van der Waals surface area contributed by atoms with Crippen molar-refractivity contribution >= 4 is 23.5 Å². The van der Waals surface area contributed by atoms with Crippen LogP contribution in [0.4, 0.5) is 0 Å². The lowest BCUT2D eigenvalue weighted by Gasteiger charge is -2.10. The first-order chi connectivity index (χ1) is 5.65. The van der Waals surface area contributed by atoms with Gasteiger partial charge in [0.25, 0.3) is 0 Å². The van der Waals surface area contributed by atoms with Crippen LogP contribution in [0.3, 0.4) is 0 Å². The van der Waals surface area contributed by atoms with E-state index in [-0.39, 0.29) is 16.9 Å². The van der Waals surface area contributed by atoms with E-state index in [1.54, 1.807) is 7.05 Å². The lowest BCUT2D eigenvalue weighted by atomic mass is 10.2. The van der Waals surface area contributed by atoms with Crippen molar-refractivity contribution in [1.29, 1.82) is 0 Å². The number of hydrogen-bond acceptors (Lipinski definition) is 3. The summed E-state index contributed by atoms with van der Waals surface area (Å²) in [5.41, 5.74) is 0. The molecule has 0 saturated heterocycles. The van der Waals surface area contributed by atoms with E-state index in [2.05, 4.69) is 5.32 Å². The zero-order chi connectivity index (χ0) is 9.56. The van der Waals surface area contributed by atoms with Gasteiger partial charge in [-0.1, -0.05) is 6.92 Å². The molecule has 4 heteroatoms. The summed E-state index contributed by atoms with van der Waals surface area (Å²) in [6.07, 6.45) is 2.69. The first-order valence-electron chi connectivity index (χ1n) is 3.91. The first-order valence-corrected chi connectivity index (χ1v) is 5.20. The van der Waals surface area contributed by atoms with Crippen molar-refractivity contribution in [3.63, 3.8) is 0 Å². The molecule has 0 aromatic heterocycles. The highest BCUT2D eigenvalue weighted by atomic mass is 32.2.